The highest BCUT2D eigenvalue weighted by molar-refractivity contribution is 6.11. The van der Waals surface area contributed by atoms with E-state index in [1.165, 1.54) is 44.5 Å². The molecule has 0 radical (unpaired) electrons. The Hall–Kier alpha value is -4.20. The van der Waals surface area contributed by atoms with Crippen molar-refractivity contribution in [1.29, 1.82) is 0 Å². The largest absolute Gasteiger partial charge is 0.496 e. The maximum Gasteiger partial charge on any atom is 0.339 e. The number of furan rings is 1. The fourth-order valence-electron chi connectivity index (χ4n) is 3.93. The second-order valence-corrected chi connectivity index (χ2v) is 7.70. The third-order valence-corrected chi connectivity index (χ3v) is 5.55. The van der Waals surface area contributed by atoms with Crippen molar-refractivity contribution >= 4 is 23.0 Å². The van der Waals surface area contributed by atoms with Gasteiger partial charge in [0.25, 0.3) is 5.91 Å². The molecule has 0 atom stereocenters. The minimum Gasteiger partial charge on any atom is -0.496 e. The average molecular weight is 462 g/mol. The number of hydrogen-bond donors (Lipinski definition) is 2. The second-order valence-electron chi connectivity index (χ2n) is 7.70. The number of amides is 1. The first kappa shape index (κ1) is 23.0. The molecule has 2 N–H and O–H groups in total. The van der Waals surface area contributed by atoms with Crippen molar-refractivity contribution in [2.24, 2.45) is 0 Å². The van der Waals surface area contributed by atoms with E-state index in [9.17, 15) is 19.1 Å². The first-order valence-corrected chi connectivity index (χ1v) is 10.7. The van der Waals surface area contributed by atoms with E-state index in [1.54, 1.807) is 18.2 Å². The van der Waals surface area contributed by atoms with E-state index in [1.807, 2.05) is 6.92 Å². The number of halogens is 1. The zero-order valence-corrected chi connectivity index (χ0v) is 18.9. The lowest BCUT2D eigenvalue weighted by Gasteiger charge is -2.12. The van der Waals surface area contributed by atoms with E-state index in [0.29, 0.717) is 34.2 Å². The molecule has 4 aromatic rings. The monoisotopic (exact) mass is 462 g/mol. The third kappa shape index (κ3) is 4.10. The van der Waals surface area contributed by atoms with E-state index in [-0.39, 0.29) is 34.3 Å². The summed E-state index contributed by atoms with van der Waals surface area (Å²) in [6.07, 6.45) is 1.41. The summed E-state index contributed by atoms with van der Waals surface area (Å²) in [5.41, 5.74) is 3.13. The summed E-state index contributed by atoms with van der Waals surface area (Å²) in [5, 5.41) is 12.7. The highest BCUT2D eigenvalue weighted by atomic mass is 19.1. The van der Waals surface area contributed by atoms with Crippen LogP contribution in [-0.4, -0.2) is 36.1 Å². The van der Waals surface area contributed by atoms with Crippen molar-refractivity contribution in [1.82, 2.24) is 10.3 Å². The average Bonchev–Trinajstić information content (AvgIpc) is 3.21. The minimum absolute atomic E-state index is 0.0215. The van der Waals surface area contributed by atoms with Gasteiger partial charge in [0, 0.05) is 18.2 Å². The van der Waals surface area contributed by atoms with Gasteiger partial charge in [-0.3, -0.25) is 4.79 Å². The maximum atomic E-state index is 13.5. The lowest BCUT2D eigenvalue weighted by atomic mass is 9.96. The fourth-order valence-corrected chi connectivity index (χ4v) is 3.93. The van der Waals surface area contributed by atoms with Crippen molar-refractivity contribution in [3.05, 3.63) is 71.2 Å². The quantitative estimate of drug-likeness (QED) is 0.385. The summed E-state index contributed by atoms with van der Waals surface area (Å²) in [6.45, 7) is 2.01. The number of pyridine rings is 1. The molecule has 1 amide bonds. The Morgan fingerprint density at radius 1 is 1.12 bits per heavy atom. The predicted molar refractivity (Wildman–Crippen MR) is 126 cm³/mol. The Morgan fingerprint density at radius 3 is 2.44 bits per heavy atom. The zero-order chi connectivity index (χ0) is 24.4. The van der Waals surface area contributed by atoms with Crippen molar-refractivity contribution in [2.45, 2.75) is 19.8 Å². The van der Waals surface area contributed by atoms with Gasteiger partial charge in [0.05, 0.1) is 23.8 Å². The van der Waals surface area contributed by atoms with Crippen LogP contribution in [-0.2, 0) is 6.42 Å². The molecule has 0 unspecified atom stereocenters. The number of carbonyl (C=O) groups excluding carboxylic acids is 1. The highest BCUT2D eigenvalue weighted by Crippen LogP contribution is 2.37. The summed E-state index contributed by atoms with van der Waals surface area (Å²) < 4.78 is 24.7. The minimum atomic E-state index is -1.11. The van der Waals surface area contributed by atoms with Gasteiger partial charge in [-0.2, -0.15) is 0 Å². The second kappa shape index (κ2) is 9.35. The summed E-state index contributed by atoms with van der Waals surface area (Å²) >= 11 is 0. The maximum absolute atomic E-state index is 13.5. The van der Waals surface area contributed by atoms with Gasteiger partial charge in [-0.1, -0.05) is 19.4 Å². The number of aryl methyl sites for hydroxylation is 1. The van der Waals surface area contributed by atoms with Gasteiger partial charge in [-0.15, -0.1) is 0 Å². The summed E-state index contributed by atoms with van der Waals surface area (Å²) in [5.74, 6) is -1.37. The molecular formula is C26H23FN2O5. The molecule has 7 nitrogen and oxygen atoms in total. The van der Waals surface area contributed by atoms with Crippen LogP contribution in [0.4, 0.5) is 4.39 Å². The van der Waals surface area contributed by atoms with Gasteiger partial charge in [0.15, 0.2) is 0 Å². The summed E-state index contributed by atoms with van der Waals surface area (Å²) in [6, 6.07) is 12.3. The molecule has 0 saturated heterocycles. The number of hydrogen-bond acceptors (Lipinski definition) is 5. The van der Waals surface area contributed by atoms with Crippen molar-refractivity contribution in [3.63, 3.8) is 0 Å². The molecule has 2 aromatic heterocycles. The van der Waals surface area contributed by atoms with E-state index in [2.05, 4.69) is 5.32 Å². The lowest BCUT2D eigenvalue weighted by molar-refractivity contribution is 0.0693. The molecule has 0 aliphatic rings. The predicted octanol–water partition coefficient (Wildman–Crippen LogP) is 5.32. The molecule has 0 saturated carbocycles. The molecule has 0 fully saturated rings. The van der Waals surface area contributed by atoms with Gasteiger partial charge < -0.3 is 19.6 Å². The first-order chi connectivity index (χ1) is 16.4. The van der Waals surface area contributed by atoms with Gasteiger partial charge >= 0.3 is 5.97 Å². The molecule has 4 rings (SSSR count). The Kier molecular flexibility index (Phi) is 6.32. The van der Waals surface area contributed by atoms with Crippen LogP contribution in [0.2, 0.25) is 0 Å². The zero-order valence-electron chi connectivity index (χ0n) is 18.9. The number of carboxylic acid groups (broad SMARTS) is 1. The number of carboxylic acids is 1. The molecule has 174 valence electrons. The lowest BCUT2D eigenvalue weighted by Crippen LogP contribution is -2.18. The summed E-state index contributed by atoms with van der Waals surface area (Å²) in [4.78, 5) is 29.3. The normalized spacial score (nSPS) is 10.9. The number of methoxy groups -OCH3 is 1. The van der Waals surface area contributed by atoms with Gasteiger partial charge in [0.1, 0.15) is 22.9 Å². The molecule has 8 heteroatoms. The Balaban J connectivity index is 2.01. The number of ether oxygens (including phenoxy) is 1. The number of aromatic carboxylic acids is 1. The molecule has 2 heterocycles. The first-order valence-electron chi connectivity index (χ1n) is 10.7. The SMILES string of the molecule is CCCc1nc2oc(-c3ccc(F)cc3)c(C(=O)NC)c2cc1-c1ccc(OC)c(C(=O)O)c1. The molecule has 34 heavy (non-hydrogen) atoms. The molecule has 0 aliphatic carbocycles. The standard InChI is InChI=1S/C26H23FN2O5/c1-4-5-20-17(15-8-11-21(33-3)18(12-15)26(31)32)13-19-22(24(30)28-2)23(34-25(19)29-20)14-6-9-16(27)10-7-14/h6-13H,4-5H2,1-3H3,(H,28,30)(H,31,32). The summed E-state index contributed by atoms with van der Waals surface area (Å²) in [7, 11) is 2.92. The van der Waals surface area contributed by atoms with Crippen LogP contribution in [0, 0.1) is 5.82 Å². The number of carbonyl (C=O) groups is 2. The van der Waals surface area contributed by atoms with Gasteiger partial charge in [0.2, 0.25) is 5.71 Å². The van der Waals surface area contributed by atoms with Crippen LogP contribution < -0.4 is 10.1 Å². The van der Waals surface area contributed by atoms with Crippen molar-refractivity contribution in [2.75, 3.05) is 14.2 Å². The Labute approximate surface area is 195 Å². The van der Waals surface area contributed by atoms with E-state index in [0.717, 1.165) is 6.42 Å². The fraction of sp³-hybridized carbons (Fsp3) is 0.192. The molecule has 0 aliphatic heterocycles. The van der Waals surface area contributed by atoms with Crippen LogP contribution >= 0.6 is 0 Å². The molecule has 0 bridgehead atoms. The molecule has 2 aromatic carbocycles. The number of fused-ring (bicyclic) bond motifs is 1. The Morgan fingerprint density at radius 2 is 1.82 bits per heavy atom. The van der Waals surface area contributed by atoms with Crippen molar-refractivity contribution < 1.29 is 28.2 Å². The molecular weight excluding hydrogens is 439 g/mol. The Bertz CT molecular complexity index is 1390. The van der Waals surface area contributed by atoms with Crippen LogP contribution in [0.3, 0.4) is 0 Å². The third-order valence-electron chi connectivity index (χ3n) is 5.55. The van der Waals surface area contributed by atoms with Crippen LogP contribution in [0.15, 0.2) is 52.9 Å². The van der Waals surface area contributed by atoms with Crippen molar-refractivity contribution in [3.8, 4) is 28.2 Å². The number of benzene rings is 2. The van der Waals surface area contributed by atoms with Crippen LogP contribution in [0.1, 0.15) is 39.8 Å². The highest BCUT2D eigenvalue weighted by Gasteiger charge is 2.25. The number of aromatic nitrogens is 1. The van der Waals surface area contributed by atoms with Crippen LogP contribution in [0.5, 0.6) is 5.75 Å². The number of rotatable bonds is 7. The van der Waals surface area contributed by atoms with E-state index in [4.69, 9.17) is 14.1 Å². The smallest absolute Gasteiger partial charge is 0.339 e. The van der Waals surface area contributed by atoms with Gasteiger partial charge in [-0.05, 0) is 54.4 Å². The number of nitrogens with one attached hydrogen (secondary N) is 1. The molecule has 0 spiro atoms. The topological polar surface area (TPSA) is 102 Å². The van der Waals surface area contributed by atoms with Crippen LogP contribution in [0.25, 0.3) is 33.6 Å². The van der Waals surface area contributed by atoms with E-state index >= 15 is 0 Å². The number of nitrogens with zero attached hydrogens (tertiary/aromatic N) is 1. The van der Waals surface area contributed by atoms with E-state index < -0.39 is 11.8 Å². The van der Waals surface area contributed by atoms with Gasteiger partial charge in [-0.25, -0.2) is 14.2 Å².